The van der Waals surface area contributed by atoms with Crippen molar-refractivity contribution < 1.29 is 4.39 Å². The number of nitrogens with zero attached hydrogens (tertiary/aromatic N) is 2. The summed E-state index contributed by atoms with van der Waals surface area (Å²) in [6.07, 6.45) is 7.34. The lowest BCUT2D eigenvalue weighted by Gasteiger charge is -2.21. The van der Waals surface area contributed by atoms with Gasteiger partial charge in [-0.1, -0.05) is 19.1 Å². The lowest BCUT2D eigenvalue weighted by molar-refractivity contribution is 0.414. The van der Waals surface area contributed by atoms with Gasteiger partial charge in [-0.05, 0) is 30.5 Å². The van der Waals surface area contributed by atoms with Gasteiger partial charge in [0.15, 0.2) is 0 Å². The highest BCUT2D eigenvalue weighted by Crippen LogP contribution is 2.24. The number of imidazole rings is 1. The molecule has 2 aromatic rings. The van der Waals surface area contributed by atoms with Gasteiger partial charge in [0.25, 0.3) is 0 Å². The van der Waals surface area contributed by atoms with Gasteiger partial charge in [-0.25, -0.2) is 9.37 Å². The van der Waals surface area contributed by atoms with E-state index in [0.29, 0.717) is 6.04 Å². The van der Waals surface area contributed by atoms with Gasteiger partial charge in [-0.2, -0.15) is 0 Å². The SMILES string of the molecule is CCC(CC(N)c1ccc(F)cc1)n1ccnc1. The average molecular weight is 247 g/mol. The normalized spacial score (nSPS) is 14.4. The summed E-state index contributed by atoms with van der Waals surface area (Å²) in [5.41, 5.74) is 7.14. The van der Waals surface area contributed by atoms with E-state index in [4.69, 9.17) is 5.73 Å². The average Bonchev–Trinajstić information content (AvgIpc) is 2.90. The van der Waals surface area contributed by atoms with Crippen LogP contribution >= 0.6 is 0 Å². The van der Waals surface area contributed by atoms with E-state index in [9.17, 15) is 4.39 Å². The smallest absolute Gasteiger partial charge is 0.123 e. The summed E-state index contributed by atoms with van der Waals surface area (Å²) in [7, 11) is 0. The summed E-state index contributed by atoms with van der Waals surface area (Å²) in [4.78, 5) is 4.06. The Hall–Kier alpha value is -1.68. The van der Waals surface area contributed by atoms with Gasteiger partial charge in [0.1, 0.15) is 5.82 Å². The number of halogens is 1. The van der Waals surface area contributed by atoms with Crippen LogP contribution in [0.4, 0.5) is 4.39 Å². The molecule has 96 valence electrons. The molecule has 0 aliphatic carbocycles. The molecule has 0 saturated carbocycles. The summed E-state index contributed by atoms with van der Waals surface area (Å²) in [6.45, 7) is 2.13. The minimum absolute atomic E-state index is 0.0852. The van der Waals surface area contributed by atoms with Crippen molar-refractivity contribution in [3.05, 3.63) is 54.4 Å². The molecular formula is C14H18FN3. The molecule has 0 aliphatic heterocycles. The summed E-state index contributed by atoms with van der Waals surface area (Å²) in [5.74, 6) is -0.229. The minimum Gasteiger partial charge on any atom is -0.334 e. The lowest BCUT2D eigenvalue weighted by Crippen LogP contribution is -2.17. The van der Waals surface area contributed by atoms with Crippen LogP contribution in [0.15, 0.2) is 43.0 Å². The number of hydrogen-bond acceptors (Lipinski definition) is 2. The van der Waals surface area contributed by atoms with Crippen LogP contribution in [0.1, 0.15) is 37.4 Å². The zero-order valence-electron chi connectivity index (χ0n) is 10.5. The molecule has 0 radical (unpaired) electrons. The Morgan fingerprint density at radius 1 is 1.33 bits per heavy atom. The molecular weight excluding hydrogens is 229 g/mol. The van der Waals surface area contributed by atoms with Crippen molar-refractivity contribution in [2.24, 2.45) is 5.73 Å². The third kappa shape index (κ3) is 2.96. The van der Waals surface area contributed by atoms with Gasteiger partial charge in [0, 0.05) is 24.5 Å². The molecule has 0 saturated heterocycles. The Kier molecular flexibility index (Phi) is 4.10. The zero-order valence-corrected chi connectivity index (χ0v) is 10.5. The molecule has 0 amide bonds. The van der Waals surface area contributed by atoms with Crippen molar-refractivity contribution >= 4 is 0 Å². The van der Waals surface area contributed by atoms with E-state index in [1.54, 1.807) is 18.3 Å². The van der Waals surface area contributed by atoms with E-state index in [-0.39, 0.29) is 11.9 Å². The summed E-state index contributed by atoms with van der Waals surface area (Å²) in [5, 5.41) is 0. The van der Waals surface area contributed by atoms with E-state index in [0.717, 1.165) is 18.4 Å². The maximum Gasteiger partial charge on any atom is 0.123 e. The molecule has 18 heavy (non-hydrogen) atoms. The van der Waals surface area contributed by atoms with E-state index in [1.807, 2.05) is 12.5 Å². The predicted molar refractivity (Wildman–Crippen MR) is 69.5 cm³/mol. The Labute approximate surface area is 106 Å². The third-order valence-corrected chi connectivity index (χ3v) is 3.24. The van der Waals surface area contributed by atoms with Crippen molar-refractivity contribution in [2.45, 2.75) is 31.8 Å². The van der Waals surface area contributed by atoms with Gasteiger partial charge >= 0.3 is 0 Å². The third-order valence-electron chi connectivity index (χ3n) is 3.24. The maximum absolute atomic E-state index is 12.8. The second-order valence-electron chi connectivity index (χ2n) is 4.47. The number of aromatic nitrogens is 2. The van der Waals surface area contributed by atoms with Crippen molar-refractivity contribution in [2.75, 3.05) is 0 Å². The highest BCUT2D eigenvalue weighted by Gasteiger charge is 2.14. The predicted octanol–water partition coefficient (Wildman–Crippen LogP) is 3.06. The van der Waals surface area contributed by atoms with Crippen LogP contribution in [0, 0.1) is 5.82 Å². The second kappa shape index (κ2) is 5.78. The Morgan fingerprint density at radius 2 is 2.06 bits per heavy atom. The number of benzene rings is 1. The minimum atomic E-state index is -0.229. The van der Waals surface area contributed by atoms with E-state index < -0.39 is 0 Å². The molecule has 0 aliphatic rings. The lowest BCUT2D eigenvalue weighted by atomic mass is 9.98. The molecule has 0 bridgehead atoms. The summed E-state index contributed by atoms with van der Waals surface area (Å²) >= 11 is 0. The molecule has 2 rings (SSSR count). The summed E-state index contributed by atoms with van der Waals surface area (Å²) < 4.78 is 14.9. The van der Waals surface area contributed by atoms with E-state index in [2.05, 4.69) is 16.5 Å². The molecule has 3 nitrogen and oxygen atoms in total. The van der Waals surface area contributed by atoms with Gasteiger partial charge in [-0.3, -0.25) is 0 Å². The van der Waals surface area contributed by atoms with Crippen molar-refractivity contribution in [1.82, 2.24) is 9.55 Å². The van der Waals surface area contributed by atoms with Crippen LogP contribution in [-0.2, 0) is 0 Å². The zero-order chi connectivity index (χ0) is 13.0. The first-order valence-electron chi connectivity index (χ1n) is 6.19. The fourth-order valence-corrected chi connectivity index (χ4v) is 2.12. The Morgan fingerprint density at radius 3 is 2.61 bits per heavy atom. The maximum atomic E-state index is 12.8. The van der Waals surface area contributed by atoms with Crippen LogP contribution in [0.25, 0.3) is 0 Å². The van der Waals surface area contributed by atoms with Crippen LogP contribution in [0.3, 0.4) is 0 Å². The van der Waals surface area contributed by atoms with E-state index >= 15 is 0 Å². The molecule has 2 N–H and O–H groups in total. The van der Waals surface area contributed by atoms with Gasteiger partial charge in [-0.15, -0.1) is 0 Å². The van der Waals surface area contributed by atoms with Gasteiger partial charge in [0.05, 0.1) is 6.33 Å². The fraction of sp³-hybridized carbons (Fsp3) is 0.357. The molecule has 1 aromatic heterocycles. The van der Waals surface area contributed by atoms with Crippen LogP contribution in [0.5, 0.6) is 0 Å². The molecule has 1 heterocycles. The van der Waals surface area contributed by atoms with Crippen molar-refractivity contribution in [1.29, 1.82) is 0 Å². The van der Waals surface area contributed by atoms with Crippen LogP contribution < -0.4 is 5.73 Å². The topological polar surface area (TPSA) is 43.8 Å². The summed E-state index contributed by atoms with van der Waals surface area (Å²) in [6, 6.07) is 6.65. The molecule has 0 spiro atoms. The number of nitrogens with two attached hydrogens (primary N) is 1. The fourth-order valence-electron chi connectivity index (χ4n) is 2.12. The second-order valence-corrected chi connectivity index (χ2v) is 4.47. The number of hydrogen-bond donors (Lipinski definition) is 1. The van der Waals surface area contributed by atoms with Crippen molar-refractivity contribution in [3.8, 4) is 0 Å². The first kappa shape index (κ1) is 12.8. The van der Waals surface area contributed by atoms with Crippen LogP contribution in [-0.4, -0.2) is 9.55 Å². The highest BCUT2D eigenvalue weighted by molar-refractivity contribution is 5.19. The number of rotatable bonds is 5. The standard InChI is InChI=1S/C14H18FN3/c1-2-13(18-8-7-17-10-18)9-14(16)11-3-5-12(15)6-4-11/h3-8,10,13-14H,2,9,16H2,1H3. The molecule has 2 unspecified atom stereocenters. The Bertz CT molecular complexity index is 464. The van der Waals surface area contributed by atoms with Crippen molar-refractivity contribution in [3.63, 3.8) is 0 Å². The largest absolute Gasteiger partial charge is 0.334 e. The van der Waals surface area contributed by atoms with Crippen LogP contribution in [0.2, 0.25) is 0 Å². The highest BCUT2D eigenvalue weighted by atomic mass is 19.1. The Balaban J connectivity index is 2.05. The first-order chi connectivity index (χ1) is 8.70. The molecule has 0 fully saturated rings. The quantitative estimate of drug-likeness (QED) is 0.882. The monoisotopic (exact) mass is 247 g/mol. The van der Waals surface area contributed by atoms with Gasteiger partial charge < -0.3 is 10.3 Å². The first-order valence-corrected chi connectivity index (χ1v) is 6.19. The molecule has 2 atom stereocenters. The molecule has 1 aromatic carbocycles. The van der Waals surface area contributed by atoms with E-state index in [1.165, 1.54) is 12.1 Å². The van der Waals surface area contributed by atoms with Gasteiger partial charge in [0.2, 0.25) is 0 Å². The molecule has 4 heteroatoms.